The maximum Gasteiger partial charge on any atom is 0.257 e. The van der Waals surface area contributed by atoms with Crippen LogP contribution in [0, 0.1) is 0 Å². The van der Waals surface area contributed by atoms with Crippen LogP contribution in [0.4, 0.5) is 10.8 Å². The van der Waals surface area contributed by atoms with Gasteiger partial charge in [-0.05, 0) is 42.5 Å². The average molecular weight is 455 g/mol. The standard InChI is InChI=1S/C22H22N4O5S/c1-29-16-7-5-15(6-8-16)26-12-14(11-19(26)27)21-24-25-22(32-21)23-20(28)13-4-9-17(30-2)18(10-13)31-3/h4-10,14H,11-12H2,1-3H3,(H,23,25,28)/t14-/m1/s1. The molecule has 1 aliphatic heterocycles. The molecule has 1 aliphatic rings. The van der Waals surface area contributed by atoms with Gasteiger partial charge in [0.25, 0.3) is 5.91 Å². The molecule has 2 amide bonds. The molecule has 1 saturated heterocycles. The second-order valence-electron chi connectivity index (χ2n) is 7.07. The smallest absolute Gasteiger partial charge is 0.257 e. The van der Waals surface area contributed by atoms with E-state index in [0.29, 0.717) is 40.2 Å². The Hall–Kier alpha value is -3.66. The van der Waals surface area contributed by atoms with Crippen molar-refractivity contribution in [2.24, 2.45) is 0 Å². The molecule has 166 valence electrons. The zero-order valence-electron chi connectivity index (χ0n) is 17.8. The van der Waals surface area contributed by atoms with Gasteiger partial charge < -0.3 is 19.1 Å². The molecule has 1 atom stereocenters. The number of benzene rings is 2. The number of nitrogens with one attached hydrogen (secondary N) is 1. The molecular formula is C22H22N4O5S. The van der Waals surface area contributed by atoms with Crippen LogP contribution in [0.2, 0.25) is 0 Å². The molecule has 3 aromatic rings. The third-order valence-electron chi connectivity index (χ3n) is 5.17. The number of aromatic nitrogens is 2. The molecule has 4 rings (SSSR count). The minimum Gasteiger partial charge on any atom is -0.497 e. The Labute approximate surface area is 188 Å². The van der Waals surface area contributed by atoms with Crippen LogP contribution in [0.1, 0.15) is 27.7 Å². The molecule has 1 fully saturated rings. The van der Waals surface area contributed by atoms with E-state index in [2.05, 4.69) is 15.5 Å². The summed E-state index contributed by atoms with van der Waals surface area (Å²) in [5, 5.41) is 12.1. The molecule has 9 nitrogen and oxygen atoms in total. The molecule has 10 heteroatoms. The topological polar surface area (TPSA) is 103 Å². The molecule has 0 aliphatic carbocycles. The third kappa shape index (κ3) is 4.35. The molecule has 0 saturated carbocycles. The minimum atomic E-state index is -0.337. The number of rotatable bonds is 7. The van der Waals surface area contributed by atoms with E-state index >= 15 is 0 Å². The summed E-state index contributed by atoms with van der Waals surface area (Å²) in [5.41, 5.74) is 1.21. The molecule has 1 N–H and O–H groups in total. The van der Waals surface area contributed by atoms with Gasteiger partial charge in [0.15, 0.2) is 11.5 Å². The Morgan fingerprint density at radius 1 is 1.03 bits per heavy atom. The number of carbonyl (C=O) groups is 2. The number of carbonyl (C=O) groups excluding carboxylic acids is 2. The number of hydrogen-bond acceptors (Lipinski definition) is 8. The first-order chi connectivity index (χ1) is 15.5. The SMILES string of the molecule is COc1ccc(N2C[C@H](c3nnc(NC(=O)c4ccc(OC)c(OC)c4)s3)CC2=O)cc1. The van der Waals surface area contributed by atoms with Crippen molar-refractivity contribution in [2.45, 2.75) is 12.3 Å². The first-order valence-electron chi connectivity index (χ1n) is 9.83. The summed E-state index contributed by atoms with van der Waals surface area (Å²) in [6.07, 6.45) is 0.338. The number of ether oxygens (including phenoxy) is 3. The van der Waals surface area contributed by atoms with Gasteiger partial charge in [-0.1, -0.05) is 11.3 Å². The van der Waals surface area contributed by atoms with Crippen molar-refractivity contribution in [1.29, 1.82) is 0 Å². The van der Waals surface area contributed by atoms with Crippen molar-refractivity contribution in [3.63, 3.8) is 0 Å². The zero-order chi connectivity index (χ0) is 22.7. The zero-order valence-corrected chi connectivity index (χ0v) is 18.6. The maximum absolute atomic E-state index is 12.6. The van der Waals surface area contributed by atoms with Gasteiger partial charge in [0, 0.05) is 30.1 Å². The summed E-state index contributed by atoms with van der Waals surface area (Å²) in [6.45, 7) is 0.503. The van der Waals surface area contributed by atoms with Crippen molar-refractivity contribution in [3.8, 4) is 17.2 Å². The molecule has 32 heavy (non-hydrogen) atoms. The minimum absolute atomic E-state index is 0.0197. The van der Waals surface area contributed by atoms with Gasteiger partial charge in [-0.2, -0.15) is 0 Å². The largest absolute Gasteiger partial charge is 0.497 e. The van der Waals surface area contributed by atoms with E-state index in [1.165, 1.54) is 25.6 Å². The van der Waals surface area contributed by atoms with Crippen LogP contribution in [0.15, 0.2) is 42.5 Å². The Balaban J connectivity index is 1.43. The maximum atomic E-state index is 12.6. The number of nitrogens with zero attached hydrogens (tertiary/aromatic N) is 3. The lowest BCUT2D eigenvalue weighted by Crippen LogP contribution is -2.24. The summed E-state index contributed by atoms with van der Waals surface area (Å²) in [5.74, 6) is 1.32. The van der Waals surface area contributed by atoms with Crippen molar-refractivity contribution in [2.75, 3.05) is 38.1 Å². The van der Waals surface area contributed by atoms with Crippen LogP contribution in [-0.4, -0.2) is 49.9 Å². The summed E-state index contributed by atoms with van der Waals surface area (Å²) in [6, 6.07) is 12.3. The molecule has 2 heterocycles. The highest BCUT2D eigenvalue weighted by Crippen LogP contribution is 2.35. The number of methoxy groups -OCH3 is 3. The quantitative estimate of drug-likeness (QED) is 0.584. The Bertz CT molecular complexity index is 1130. The summed E-state index contributed by atoms with van der Waals surface area (Å²) < 4.78 is 15.6. The highest BCUT2D eigenvalue weighted by atomic mass is 32.1. The highest BCUT2D eigenvalue weighted by molar-refractivity contribution is 7.15. The van der Waals surface area contributed by atoms with Crippen LogP contribution < -0.4 is 24.4 Å². The lowest BCUT2D eigenvalue weighted by molar-refractivity contribution is -0.117. The predicted octanol–water partition coefficient (Wildman–Crippen LogP) is 3.34. The average Bonchev–Trinajstić information content (AvgIpc) is 3.45. The first kappa shape index (κ1) is 21.6. The highest BCUT2D eigenvalue weighted by Gasteiger charge is 2.34. The predicted molar refractivity (Wildman–Crippen MR) is 120 cm³/mol. The molecule has 2 aromatic carbocycles. The van der Waals surface area contributed by atoms with Crippen LogP contribution in [0.25, 0.3) is 0 Å². The van der Waals surface area contributed by atoms with Crippen LogP contribution >= 0.6 is 11.3 Å². The fourth-order valence-corrected chi connectivity index (χ4v) is 4.31. The number of amides is 2. The van der Waals surface area contributed by atoms with Crippen LogP contribution in [0.3, 0.4) is 0 Å². The Morgan fingerprint density at radius 3 is 2.47 bits per heavy atom. The molecule has 0 bridgehead atoms. The summed E-state index contributed by atoms with van der Waals surface area (Å²) in [4.78, 5) is 26.9. The van der Waals surface area contributed by atoms with E-state index in [1.807, 2.05) is 24.3 Å². The van der Waals surface area contributed by atoms with E-state index in [4.69, 9.17) is 14.2 Å². The summed E-state index contributed by atoms with van der Waals surface area (Å²) in [7, 11) is 4.64. The lowest BCUT2D eigenvalue weighted by Gasteiger charge is -2.16. The van der Waals surface area contributed by atoms with E-state index < -0.39 is 0 Å². The van der Waals surface area contributed by atoms with Gasteiger partial charge in [-0.25, -0.2) is 0 Å². The molecule has 0 unspecified atom stereocenters. The number of hydrogen-bond donors (Lipinski definition) is 1. The van der Waals surface area contributed by atoms with Gasteiger partial charge in [0.05, 0.1) is 21.3 Å². The normalized spacial score (nSPS) is 15.5. The third-order valence-corrected chi connectivity index (χ3v) is 6.17. The van der Waals surface area contributed by atoms with Gasteiger partial charge in [0.2, 0.25) is 11.0 Å². The van der Waals surface area contributed by atoms with Gasteiger partial charge in [-0.15, -0.1) is 10.2 Å². The van der Waals surface area contributed by atoms with Gasteiger partial charge >= 0.3 is 0 Å². The molecule has 0 spiro atoms. The van der Waals surface area contributed by atoms with Crippen molar-refractivity contribution >= 4 is 34.0 Å². The van der Waals surface area contributed by atoms with Crippen LogP contribution in [-0.2, 0) is 4.79 Å². The molecular weight excluding hydrogens is 432 g/mol. The van der Waals surface area contributed by atoms with Crippen LogP contribution in [0.5, 0.6) is 17.2 Å². The van der Waals surface area contributed by atoms with E-state index in [9.17, 15) is 9.59 Å². The van der Waals surface area contributed by atoms with Gasteiger partial charge in [-0.3, -0.25) is 14.9 Å². The second-order valence-corrected chi connectivity index (χ2v) is 8.08. The van der Waals surface area contributed by atoms with Crippen molar-refractivity contribution in [1.82, 2.24) is 10.2 Å². The fraction of sp³-hybridized carbons (Fsp3) is 0.273. The lowest BCUT2D eigenvalue weighted by atomic mass is 10.1. The molecule has 1 aromatic heterocycles. The van der Waals surface area contributed by atoms with Gasteiger partial charge in [0.1, 0.15) is 10.8 Å². The number of anilines is 2. The first-order valence-corrected chi connectivity index (χ1v) is 10.6. The van der Waals surface area contributed by atoms with Crippen molar-refractivity contribution in [3.05, 3.63) is 53.0 Å². The Kier molecular flexibility index (Phi) is 6.22. The Morgan fingerprint density at radius 2 is 1.78 bits per heavy atom. The fourth-order valence-electron chi connectivity index (χ4n) is 3.48. The molecule has 0 radical (unpaired) electrons. The summed E-state index contributed by atoms with van der Waals surface area (Å²) >= 11 is 1.27. The monoisotopic (exact) mass is 454 g/mol. The van der Waals surface area contributed by atoms with E-state index in [1.54, 1.807) is 30.2 Å². The van der Waals surface area contributed by atoms with E-state index in [0.717, 1.165) is 11.4 Å². The van der Waals surface area contributed by atoms with E-state index in [-0.39, 0.29) is 17.7 Å². The second kappa shape index (κ2) is 9.23. The van der Waals surface area contributed by atoms with Crippen molar-refractivity contribution < 1.29 is 23.8 Å².